The molecule has 0 unspecified atom stereocenters. The molecule has 2 amide bonds. The Morgan fingerprint density at radius 2 is 1.77 bits per heavy atom. The molecule has 0 bridgehead atoms. The Morgan fingerprint density at radius 3 is 2.42 bits per heavy atom. The van der Waals surface area contributed by atoms with Crippen LogP contribution in [0.15, 0.2) is 91.5 Å². The van der Waals surface area contributed by atoms with Crippen molar-refractivity contribution in [1.29, 1.82) is 0 Å². The number of ether oxygens (including phenoxy) is 2. The van der Waals surface area contributed by atoms with Gasteiger partial charge in [0.25, 0.3) is 5.91 Å². The van der Waals surface area contributed by atoms with E-state index in [1.165, 1.54) is 5.19 Å². The highest BCUT2D eigenvalue weighted by Gasteiger charge is 2.66. The Morgan fingerprint density at radius 1 is 1.09 bits per heavy atom. The van der Waals surface area contributed by atoms with Crippen LogP contribution in [0.1, 0.15) is 24.5 Å². The van der Waals surface area contributed by atoms with Gasteiger partial charge in [0.15, 0.2) is 5.60 Å². The van der Waals surface area contributed by atoms with Gasteiger partial charge in [-0.2, -0.15) is 0 Å². The summed E-state index contributed by atoms with van der Waals surface area (Å²) in [7, 11) is -0.725. The Hall–Kier alpha value is -3.72. The van der Waals surface area contributed by atoms with Crippen molar-refractivity contribution in [3.63, 3.8) is 0 Å². The van der Waals surface area contributed by atoms with E-state index in [0.29, 0.717) is 13.1 Å². The van der Waals surface area contributed by atoms with Crippen LogP contribution < -0.4 is 14.8 Å². The Bertz CT molecular complexity index is 1460. The van der Waals surface area contributed by atoms with Crippen LogP contribution >= 0.6 is 0 Å². The van der Waals surface area contributed by atoms with E-state index >= 15 is 0 Å². The van der Waals surface area contributed by atoms with E-state index in [-0.39, 0.29) is 42.8 Å². The summed E-state index contributed by atoms with van der Waals surface area (Å²) in [6.07, 6.45) is 1.36. The number of nitrogens with zero attached hydrogens (tertiary/aromatic N) is 2. The number of hydrogen-bond acceptors (Lipinski definition) is 5. The number of aliphatic hydroxyl groups excluding tert-OH is 1. The topological polar surface area (TPSA) is 79.3 Å². The number of aliphatic hydroxyl groups is 1. The second kappa shape index (κ2) is 12.5. The maximum Gasteiger partial charge on any atom is 0.264 e. The van der Waals surface area contributed by atoms with E-state index in [4.69, 9.17) is 9.47 Å². The maximum atomic E-state index is 14.4. The molecule has 2 aliphatic heterocycles. The molecule has 3 aromatic rings. The molecule has 8 heteroatoms. The number of benzene rings is 3. The van der Waals surface area contributed by atoms with E-state index in [9.17, 15) is 14.7 Å². The van der Waals surface area contributed by atoms with E-state index in [2.05, 4.69) is 38.7 Å². The van der Waals surface area contributed by atoms with Crippen LogP contribution in [-0.2, 0) is 26.5 Å². The number of para-hydroxylation sites is 1. The van der Waals surface area contributed by atoms with Gasteiger partial charge in [-0.3, -0.25) is 9.59 Å². The minimum atomic E-state index is -2.38. The lowest BCUT2D eigenvalue weighted by atomic mass is 9.82. The highest BCUT2D eigenvalue weighted by molar-refractivity contribution is 6.91. The van der Waals surface area contributed by atoms with Gasteiger partial charge < -0.3 is 24.4 Å². The summed E-state index contributed by atoms with van der Waals surface area (Å²) in [5.74, 6) is 0.390. The first-order valence-corrected chi connectivity index (χ1v) is 18.0. The van der Waals surface area contributed by atoms with Crippen molar-refractivity contribution < 1.29 is 24.2 Å². The fourth-order valence-electron chi connectivity index (χ4n) is 7.30. The Labute approximate surface area is 255 Å². The quantitative estimate of drug-likeness (QED) is 0.252. The molecule has 4 atom stereocenters. The summed E-state index contributed by atoms with van der Waals surface area (Å²) < 4.78 is 12.5. The number of rotatable bonds is 11. The van der Waals surface area contributed by atoms with Crippen LogP contribution in [0.3, 0.4) is 0 Å². The average molecular weight is 599 g/mol. The van der Waals surface area contributed by atoms with Crippen molar-refractivity contribution in [3.8, 4) is 5.75 Å². The number of amides is 2. The molecule has 1 saturated heterocycles. The van der Waals surface area contributed by atoms with Gasteiger partial charge in [0, 0.05) is 31.1 Å². The minimum Gasteiger partial charge on any atom is -0.497 e. The van der Waals surface area contributed by atoms with Gasteiger partial charge in [-0.05, 0) is 29.3 Å². The maximum absolute atomic E-state index is 14.4. The fourth-order valence-corrected chi connectivity index (χ4v) is 11.3. The van der Waals surface area contributed by atoms with Gasteiger partial charge >= 0.3 is 0 Å². The molecule has 3 aromatic carbocycles. The van der Waals surface area contributed by atoms with Crippen LogP contribution in [0.2, 0.25) is 18.6 Å². The molecule has 7 nitrogen and oxygen atoms in total. The summed E-state index contributed by atoms with van der Waals surface area (Å²) in [5, 5.41) is 11.1. The smallest absolute Gasteiger partial charge is 0.264 e. The molecule has 1 spiro atoms. The molecule has 1 N–H and O–H groups in total. The standard InChI is InChI=1S/C35H42N2O5Si/c1-6-20-37-30-15-11-10-14-29(30)35(34(37)40)25(2)33(43(4,5)28-18-16-27(41-3)17-19-28)31(42-35)23-32(39)36(21-22-38)24-26-12-8-7-9-13-26/h6-19,25,31,33,38H,1,20-24H2,2-5H3/t25-,31+,33-,35+/m1/s1. The Kier molecular flexibility index (Phi) is 8.92. The van der Waals surface area contributed by atoms with E-state index in [0.717, 1.165) is 22.6 Å². The SMILES string of the molecule is C=CCN1C(=O)[C@@]2(O[C@@H](CC(=O)N(CCO)Cc3ccccc3)[C@H]([Si](C)(C)c3ccc(OC)cc3)[C@H]2C)c2ccccc21. The first-order valence-electron chi connectivity index (χ1n) is 15.0. The van der Waals surface area contributed by atoms with Gasteiger partial charge in [-0.15, -0.1) is 6.58 Å². The van der Waals surface area contributed by atoms with Crippen LogP contribution in [0.4, 0.5) is 5.69 Å². The van der Waals surface area contributed by atoms with Crippen LogP contribution in [0.25, 0.3) is 0 Å². The van der Waals surface area contributed by atoms with Gasteiger partial charge in [0.1, 0.15) is 5.75 Å². The predicted molar refractivity (Wildman–Crippen MR) is 172 cm³/mol. The monoisotopic (exact) mass is 598 g/mol. The normalized spacial score (nSPS) is 23.0. The van der Waals surface area contributed by atoms with Crippen molar-refractivity contribution in [3.05, 3.63) is 103 Å². The van der Waals surface area contributed by atoms with Crippen LogP contribution in [0.5, 0.6) is 5.75 Å². The van der Waals surface area contributed by atoms with E-state index < -0.39 is 19.8 Å². The van der Waals surface area contributed by atoms with Crippen LogP contribution in [-0.4, -0.2) is 62.8 Å². The predicted octanol–water partition coefficient (Wildman–Crippen LogP) is 4.86. The lowest BCUT2D eigenvalue weighted by Gasteiger charge is -2.37. The summed E-state index contributed by atoms with van der Waals surface area (Å²) in [5.41, 5.74) is 1.42. The lowest BCUT2D eigenvalue weighted by Crippen LogP contribution is -2.52. The third-order valence-electron chi connectivity index (χ3n) is 9.37. The molecule has 0 aromatic heterocycles. The van der Waals surface area contributed by atoms with Crippen molar-refractivity contribution in [2.24, 2.45) is 5.92 Å². The zero-order valence-electron chi connectivity index (χ0n) is 25.5. The second-order valence-electron chi connectivity index (χ2n) is 12.1. The van der Waals surface area contributed by atoms with E-state index in [1.54, 1.807) is 23.0 Å². The molecule has 0 aliphatic carbocycles. The molecule has 226 valence electrons. The number of carbonyl (C=O) groups excluding carboxylic acids is 2. The molecule has 1 fully saturated rings. The number of carbonyl (C=O) groups is 2. The summed E-state index contributed by atoms with van der Waals surface area (Å²) in [4.78, 5) is 31.9. The largest absolute Gasteiger partial charge is 0.497 e. The molecule has 5 rings (SSSR count). The average Bonchev–Trinajstić information content (AvgIpc) is 3.44. The number of methoxy groups -OCH3 is 1. The first-order chi connectivity index (χ1) is 20.7. The third-order valence-corrected chi connectivity index (χ3v) is 13.7. The third kappa shape index (κ3) is 5.43. The second-order valence-corrected chi connectivity index (χ2v) is 16.8. The van der Waals surface area contributed by atoms with Gasteiger partial charge in [-0.1, -0.05) is 91.9 Å². The zero-order chi connectivity index (χ0) is 30.8. The summed E-state index contributed by atoms with van der Waals surface area (Å²) >= 11 is 0. The lowest BCUT2D eigenvalue weighted by molar-refractivity contribution is -0.149. The summed E-state index contributed by atoms with van der Waals surface area (Å²) in [6, 6.07) is 25.8. The van der Waals surface area contributed by atoms with E-state index in [1.807, 2.05) is 66.7 Å². The number of hydrogen-bond donors (Lipinski definition) is 1. The molecular formula is C35H42N2O5Si. The van der Waals surface area contributed by atoms with Crippen molar-refractivity contribution in [2.75, 3.05) is 31.7 Å². The van der Waals surface area contributed by atoms with Gasteiger partial charge in [-0.25, -0.2) is 0 Å². The van der Waals surface area contributed by atoms with Crippen molar-refractivity contribution in [2.45, 2.75) is 50.2 Å². The van der Waals surface area contributed by atoms with Gasteiger partial charge in [0.2, 0.25) is 5.91 Å². The summed E-state index contributed by atoms with van der Waals surface area (Å²) in [6.45, 7) is 11.5. The molecule has 2 heterocycles. The highest BCUT2D eigenvalue weighted by Crippen LogP contribution is 2.59. The minimum absolute atomic E-state index is 0.0572. The number of anilines is 1. The van der Waals surface area contributed by atoms with Crippen LogP contribution in [0, 0.1) is 5.92 Å². The molecule has 43 heavy (non-hydrogen) atoms. The zero-order valence-corrected chi connectivity index (χ0v) is 26.5. The highest BCUT2D eigenvalue weighted by atomic mass is 28.3. The molecule has 0 radical (unpaired) electrons. The molecule has 0 saturated carbocycles. The molecule has 2 aliphatic rings. The van der Waals surface area contributed by atoms with Crippen molar-refractivity contribution >= 4 is 30.8 Å². The number of fused-ring (bicyclic) bond motifs is 2. The Balaban J connectivity index is 1.56. The molecular weight excluding hydrogens is 556 g/mol. The fraction of sp³-hybridized carbons (Fsp3) is 0.371. The first kappa shape index (κ1) is 30.7. The van der Waals surface area contributed by atoms with Crippen molar-refractivity contribution in [1.82, 2.24) is 4.90 Å². The van der Waals surface area contributed by atoms with Gasteiger partial charge in [0.05, 0.1) is 40.0 Å².